The van der Waals surface area contributed by atoms with Crippen molar-refractivity contribution >= 4 is 5.97 Å². The second-order valence-electron chi connectivity index (χ2n) is 2.74. The number of aliphatic carboxylic acids is 1. The number of carboxylic acid groups (broad SMARTS) is 1. The van der Waals surface area contributed by atoms with Gasteiger partial charge in [-0.05, 0) is 11.6 Å². The standard InChI is InChI=1S/C9H10FNO2/c10-5-8(4-9(12)13)7-2-1-3-11-6-7/h1-3,6,8H,4-5H2,(H,12,13). The zero-order valence-electron chi connectivity index (χ0n) is 6.98. The minimum absolute atomic E-state index is 0.192. The Balaban J connectivity index is 2.73. The first-order valence-corrected chi connectivity index (χ1v) is 3.91. The van der Waals surface area contributed by atoms with Gasteiger partial charge in [0.15, 0.2) is 0 Å². The molecule has 0 aliphatic heterocycles. The summed E-state index contributed by atoms with van der Waals surface area (Å²) in [6.45, 7) is -0.669. The van der Waals surface area contributed by atoms with Crippen LogP contribution < -0.4 is 0 Å². The third-order valence-corrected chi connectivity index (χ3v) is 1.76. The number of hydrogen-bond acceptors (Lipinski definition) is 2. The van der Waals surface area contributed by atoms with E-state index < -0.39 is 18.6 Å². The lowest BCUT2D eigenvalue weighted by atomic mass is 9.99. The maximum absolute atomic E-state index is 12.4. The van der Waals surface area contributed by atoms with E-state index in [2.05, 4.69) is 4.98 Å². The number of pyridine rings is 1. The van der Waals surface area contributed by atoms with Crippen molar-refractivity contribution in [3.8, 4) is 0 Å². The quantitative estimate of drug-likeness (QED) is 0.771. The number of carboxylic acids is 1. The first kappa shape index (κ1) is 9.64. The molecule has 1 heterocycles. The molecule has 0 saturated carbocycles. The molecule has 13 heavy (non-hydrogen) atoms. The predicted molar refractivity (Wildman–Crippen MR) is 45.2 cm³/mol. The fourth-order valence-corrected chi connectivity index (χ4v) is 1.09. The highest BCUT2D eigenvalue weighted by Crippen LogP contribution is 2.18. The van der Waals surface area contributed by atoms with Gasteiger partial charge >= 0.3 is 5.97 Å². The highest BCUT2D eigenvalue weighted by molar-refractivity contribution is 5.68. The maximum Gasteiger partial charge on any atom is 0.304 e. The first-order chi connectivity index (χ1) is 6.24. The van der Waals surface area contributed by atoms with Crippen LogP contribution in [0, 0.1) is 0 Å². The second kappa shape index (κ2) is 4.54. The Morgan fingerprint density at radius 2 is 2.46 bits per heavy atom. The Hall–Kier alpha value is -1.45. The molecule has 0 aromatic carbocycles. The van der Waals surface area contributed by atoms with Crippen LogP contribution in [0.2, 0.25) is 0 Å². The van der Waals surface area contributed by atoms with Gasteiger partial charge in [-0.15, -0.1) is 0 Å². The van der Waals surface area contributed by atoms with E-state index in [0.29, 0.717) is 5.56 Å². The molecule has 0 radical (unpaired) electrons. The normalized spacial score (nSPS) is 12.4. The van der Waals surface area contributed by atoms with Gasteiger partial charge in [0.2, 0.25) is 0 Å². The topological polar surface area (TPSA) is 50.2 Å². The summed E-state index contributed by atoms with van der Waals surface area (Å²) >= 11 is 0. The molecule has 70 valence electrons. The first-order valence-electron chi connectivity index (χ1n) is 3.91. The summed E-state index contributed by atoms with van der Waals surface area (Å²) in [6.07, 6.45) is 2.87. The Kier molecular flexibility index (Phi) is 3.37. The SMILES string of the molecule is O=C(O)CC(CF)c1cccnc1. The van der Waals surface area contributed by atoms with Gasteiger partial charge in [-0.2, -0.15) is 0 Å². The summed E-state index contributed by atoms with van der Waals surface area (Å²) in [6, 6.07) is 3.35. The van der Waals surface area contributed by atoms with E-state index in [4.69, 9.17) is 5.11 Å². The van der Waals surface area contributed by atoms with Crippen LogP contribution in [-0.2, 0) is 4.79 Å². The lowest BCUT2D eigenvalue weighted by Gasteiger charge is -2.09. The van der Waals surface area contributed by atoms with E-state index >= 15 is 0 Å². The van der Waals surface area contributed by atoms with E-state index in [1.54, 1.807) is 18.3 Å². The van der Waals surface area contributed by atoms with Gasteiger partial charge in [0.1, 0.15) is 0 Å². The fraction of sp³-hybridized carbons (Fsp3) is 0.333. The number of alkyl halides is 1. The summed E-state index contributed by atoms with van der Waals surface area (Å²) in [7, 11) is 0. The van der Waals surface area contributed by atoms with Crippen LogP contribution in [0.3, 0.4) is 0 Å². The van der Waals surface area contributed by atoms with Crippen LogP contribution in [-0.4, -0.2) is 22.7 Å². The maximum atomic E-state index is 12.4. The van der Waals surface area contributed by atoms with E-state index in [-0.39, 0.29) is 6.42 Å². The monoisotopic (exact) mass is 183 g/mol. The number of halogens is 1. The molecule has 0 saturated heterocycles. The van der Waals surface area contributed by atoms with Crippen LogP contribution >= 0.6 is 0 Å². The molecule has 1 aromatic heterocycles. The summed E-state index contributed by atoms with van der Waals surface area (Å²) in [5.41, 5.74) is 0.632. The Morgan fingerprint density at radius 3 is 2.92 bits per heavy atom. The van der Waals surface area contributed by atoms with Gasteiger partial charge < -0.3 is 5.11 Å². The summed E-state index contributed by atoms with van der Waals surface area (Å²) in [5.74, 6) is -1.57. The van der Waals surface area contributed by atoms with Crippen LogP contribution in [0.15, 0.2) is 24.5 Å². The third kappa shape index (κ3) is 2.82. The van der Waals surface area contributed by atoms with Crippen molar-refractivity contribution in [2.75, 3.05) is 6.67 Å². The molecular weight excluding hydrogens is 173 g/mol. The van der Waals surface area contributed by atoms with E-state index in [0.717, 1.165) is 0 Å². The molecule has 0 amide bonds. The van der Waals surface area contributed by atoms with E-state index in [9.17, 15) is 9.18 Å². The highest BCUT2D eigenvalue weighted by atomic mass is 19.1. The molecule has 0 bridgehead atoms. The molecule has 0 spiro atoms. The number of nitrogens with zero attached hydrogens (tertiary/aromatic N) is 1. The second-order valence-corrected chi connectivity index (χ2v) is 2.74. The van der Waals surface area contributed by atoms with Crippen molar-refractivity contribution < 1.29 is 14.3 Å². The predicted octanol–water partition coefficient (Wildman–Crippen LogP) is 1.61. The molecule has 0 fully saturated rings. The van der Waals surface area contributed by atoms with Crippen LogP contribution in [0.5, 0.6) is 0 Å². The lowest BCUT2D eigenvalue weighted by molar-refractivity contribution is -0.137. The molecule has 4 heteroatoms. The van der Waals surface area contributed by atoms with Gasteiger partial charge in [-0.3, -0.25) is 14.2 Å². The minimum atomic E-state index is -0.994. The zero-order chi connectivity index (χ0) is 9.68. The van der Waals surface area contributed by atoms with Crippen molar-refractivity contribution in [1.82, 2.24) is 4.98 Å². The molecule has 0 aliphatic carbocycles. The van der Waals surface area contributed by atoms with Gasteiger partial charge in [0.25, 0.3) is 0 Å². The molecule has 1 N–H and O–H groups in total. The molecular formula is C9H10FNO2. The van der Waals surface area contributed by atoms with Crippen molar-refractivity contribution in [1.29, 1.82) is 0 Å². The largest absolute Gasteiger partial charge is 0.481 e. The highest BCUT2D eigenvalue weighted by Gasteiger charge is 2.14. The number of rotatable bonds is 4. The Morgan fingerprint density at radius 1 is 1.69 bits per heavy atom. The van der Waals surface area contributed by atoms with Crippen molar-refractivity contribution in [3.63, 3.8) is 0 Å². The Labute approximate surface area is 75.2 Å². The fourth-order valence-electron chi connectivity index (χ4n) is 1.09. The molecule has 0 aliphatic rings. The van der Waals surface area contributed by atoms with Crippen molar-refractivity contribution in [2.45, 2.75) is 12.3 Å². The van der Waals surface area contributed by atoms with Crippen molar-refractivity contribution in [2.24, 2.45) is 0 Å². The lowest BCUT2D eigenvalue weighted by Crippen LogP contribution is -2.08. The van der Waals surface area contributed by atoms with Gasteiger partial charge in [0.05, 0.1) is 13.1 Å². The van der Waals surface area contributed by atoms with Gasteiger partial charge in [-0.25, -0.2) is 0 Å². The van der Waals surface area contributed by atoms with Crippen LogP contribution in [0.1, 0.15) is 17.9 Å². The van der Waals surface area contributed by atoms with E-state index in [1.807, 2.05) is 0 Å². The molecule has 3 nitrogen and oxygen atoms in total. The summed E-state index contributed by atoms with van der Waals surface area (Å²) in [4.78, 5) is 14.2. The van der Waals surface area contributed by atoms with E-state index in [1.165, 1.54) is 6.20 Å². The van der Waals surface area contributed by atoms with Gasteiger partial charge in [0, 0.05) is 18.3 Å². The van der Waals surface area contributed by atoms with Gasteiger partial charge in [-0.1, -0.05) is 6.07 Å². The minimum Gasteiger partial charge on any atom is -0.481 e. The molecule has 1 unspecified atom stereocenters. The average molecular weight is 183 g/mol. The molecule has 1 rings (SSSR count). The van der Waals surface area contributed by atoms with Crippen molar-refractivity contribution in [3.05, 3.63) is 30.1 Å². The average Bonchev–Trinajstić information content (AvgIpc) is 2.15. The van der Waals surface area contributed by atoms with Crippen LogP contribution in [0.25, 0.3) is 0 Å². The number of aromatic nitrogens is 1. The smallest absolute Gasteiger partial charge is 0.304 e. The third-order valence-electron chi connectivity index (χ3n) is 1.76. The zero-order valence-corrected chi connectivity index (χ0v) is 6.98. The van der Waals surface area contributed by atoms with Crippen LogP contribution in [0.4, 0.5) is 4.39 Å². The summed E-state index contributed by atoms with van der Waals surface area (Å²) < 4.78 is 12.4. The summed E-state index contributed by atoms with van der Waals surface area (Å²) in [5, 5.41) is 8.49. The molecule has 1 atom stereocenters. The number of hydrogen-bond donors (Lipinski definition) is 1. The number of carbonyl (C=O) groups is 1. The molecule has 1 aromatic rings. The Bertz CT molecular complexity index is 276.